The molecule has 1 saturated heterocycles. The topological polar surface area (TPSA) is 44.4 Å². The lowest BCUT2D eigenvalue weighted by Crippen LogP contribution is -2.54. The van der Waals surface area contributed by atoms with Crippen molar-refractivity contribution in [2.45, 2.75) is 44.4 Å². The molecule has 4 nitrogen and oxygen atoms in total. The van der Waals surface area contributed by atoms with E-state index in [-0.39, 0.29) is 18.0 Å². The van der Waals surface area contributed by atoms with E-state index < -0.39 is 0 Å². The third-order valence-corrected chi connectivity index (χ3v) is 5.50. The molecule has 0 spiro atoms. The van der Waals surface area contributed by atoms with Crippen LogP contribution in [0.3, 0.4) is 0 Å². The van der Waals surface area contributed by atoms with Crippen LogP contribution in [-0.2, 0) is 24.3 Å². The molecule has 2 unspecified atom stereocenters. The molecular formula is C22H27N3O. The Balaban J connectivity index is 1.31. The van der Waals surface area contributed by atoms with Crippen LogP contribution in [-0.4, -0.2) is 36.0 Å². The van der Waals surface area contributed by atoms with Gasteiger partial charge in [-0.25, -0.2) is 0 Å². The summed E-state index contributed by atoms with van der Waals surface area (Å²) in [5.41, 5.74) is 3.94. The maximum absolute atomic E-state index is 12.7. The van der Waals surface area contributed by atoms with Crippen LogP contribution in [0.1, 0.15) is 29.5 Å². The zero-order valence-electron chi connectivity index (χ0n) is 15.2. The minimum Gasteiger partial charge on any atom is -0.351 e. The summed E-state index contributed by atoms with van der Waals surface area (Å²) < 4.78 is 0. The zero-order valence-corrected chi connectivity index (χ0v) is 15.2. The van der Waals surface area contributed by atoms with Crippen molar-refractivity contribution in [1.82, 2.24) is 15.5 Å². The van der Waals surface area contributed by atoms with Crippen LogP contribution in [0.4, 0.5) is 0 Å². The minimum atomic E-state index is -0.116. The molecule has 0 radical (unpaired) electrons. The molecule has 0 saturated carbocycles. The molecule has 2 aromatic carbocycles. The number of hydrogen-bond acceptors (Lipinski definition) is 3. The van der Waals surface area contributed by atoms with Gasteiger partial charge >= 0.3 is 0 Å². The fourth-order valence-electron chi connectivity index (χ4n) is 4.10. The molecule has 1 fully saturated rings. The minimum absolute atomic E-state index is 0.116. The lowest BCUT2D eigenvalue weighted by atomic mass is 9.95. The number of amides is 1. The fourth-order valence-corrected chi connectivity index (χ4v) is 4.10. The van der Waals surface area contributed by atoms with Gasteiger partial charge in [-0.3, -0.25) is 9.69 Å². The second-order valence-electron chi connectivity index (χ2n) is 7.47. The molecule has 136 valence electrons. The van der Waals surface area contributed by atoms with Crippen LogP contribution >= 0.6 is 0 Å². The third kappa shape index (κ3) is 4.14. The Morgan fingerprint density at radius 2 is 1.85 bits per heavy atom. The van der Waals surface area contributed by atoms with Gasteiger partial charge in [-0.2, -0.15) is 0 Å². The lowest BCUT2D eigenvalue weighted by Gasteiger charge is -2.34. The van der Waals surface area contributed by atoms with Crippen molar-refractivity contribution in [2.75, 3.05) is 13.1 Å². The maximum Gasteiger partial charge on any atom is 0.237 e. The summed E-state index contributed by atoms with van der Waals surface area (Å²) in [6.45, 7) is 3.78. The maximum atomic E-state index is 12.7. The first kappa shape index (κ1) is 17.3. The van der Waals surface area contributed by atoms with E-state index in [0.717, 1.165) is 45.4 Å². The number of fused-ring (bicyclic) bond motifs is 1. The number of hydrogen-bond donors (Lipinski definition) is 2. The summed E-state index contributed by atoms with van der Waals surface area (Å²) in [7, 11) is 0. The number of likely N-dealkylation sites (tertiary alicyclic amines) is 1. The summed E-state index contributed by atoms with van der Waals surface area (Å²) in [5, 5.41) is 6.68. The van der Waals surface area contributed by atoms with Crippen molar-refractivity contribution in [2.24, 2.45) is 0 Å². The smallest absolute Gasteiger partial charge is 0.237 e. The lowest BCUT2D eigenvalue weighted by molar-refractivity contribution is -0.124. The molecule has 26 heavy (non-hydrogen) atoms. The van der Waals surface area contributed by atoms with E-state index in [9.17, 15) is 4.79 Å². The number of benzene rings is 2. The number of nitrogens with zero attached hydrogens (tertiary/aromatic N) is 1. The van der Waals surface area contributed by atoms with Gasteiger partial charge in [-0.15, -0.1) is 0 Å². The Kier molecular flexibility index (Phi) is 5.32. The average Bonchev–Trinajstić information content (AvgIpc) is 2.68. The third-order valence-electron chi connectivity index (χ3n) is 5.50. The van der Waals surface area contributed by atoms with Gasteiger partial charge in [0.05, 0.1) is 6.04 Å². The van der Waals surface area contributed by atoms with Crippen molar-refractivity contribution in [3.63, 3.8) is 0 Å². The van der Waals surface area contributed by atoms with Gasteiger partial charge in [0.15, 0.2) is 0 Å². The number of nitrogens with one attached hydrogen (secondary N) is 2. The van der Waals surface area contributed by atoms with Gasteiger partial charge < -0.3 is 10.6 Å². The zero-order chi connectivity index (χ0) is 17.8. The Labute approximate surface area is 155 Å². The summed E-state index contributed by atoms with van der Waals surface area (Å²) in [5.74, 6) is 0.145. The van der Waals surface area contributed by atoms with Crippen molar-refractivity contribution in [3.8, 4) is 0 Å². The molecule has 4 rings (SSSR count). The first-order chi connectivity index (χ1) is 12.8. The van der Waals surface area contributed by atoms with Gasteiger partial charge in [0, 0.05) is 25.7 Å². The van der Waals surface area contributed by atoms with E-state index >= 15 is 0 Å². The van der Waals surface area contributed by atoms with E-state index in [1.807, 2.05) is 0 Å². The fraction of sp³-hybridized carbons (Fsp3) is 0.409. The predicted octanol–water partition coefficient (Wildman–Crippen LogP) is 2.48. The molecule has 2 N–H and O–H groups in total. The number of carbonyl (C=O) groups is 1. The van der Waals surface area contributed by atoms with Gasteiger partial charge in [-0.05, 0) is 42.5 Å². The highest BCUT2D eigenvalue weighted by Crippen LogP contribution is 2.18. The first-order valence-corrected chi connectivity index (χ1v) is 9.65. The second kappa shape index (κ2) is 8.02. The molecule has 2 atom stereocenters. The Bertz CT molecular complexity index is 746. The quantitative estimate of drug-likeness (QED) is 0.891. The van der Waals surface area contributed by atoms with Gasteiger partial charge in [0.25, 0.3) is 0 Å². The monoisotopic (exact) mass is 349 g/mol. The van der Waals surface area contributed by atoms with E-state index in [2.05, 4.69) is 70.1 Å². The largest absolute Gasteiger partial charge is 0.351 e. The highest BCUT2D eigenvalue weighted by molar-refractivity contribution is 5.82. The summed E-state index contributed by atoms with van der Waals surface area (Å²) in [6, 6.07) is 19.1. The first-order valence-electron chi connectivity index (χ1n) is 9.65. The molecule has 2 aliphatic heterocycles. The SMILES string of the molecule is O=C(NC1CCCN(Cc2ccccc2)C1)C1Cc2ccccc2CN1. The highest BCUT2D eigenvalue weighted by atomic mass is 16.2. The van der Waals surface area contributed by atoms with E-state index in [1.165, 1.54) is 16.7 Å². The van der Waals surface area contributed by atoms with Gasteiger partial charge in [0.1, 0.15) is 0 Å². The van der Waals surface area contributed by atoms with E-state index in [4.69, 9.17) is 0 Å². The number of rotatable bonds is 4. The normalized spacial score (nSPS) is 23.2. The van der Waals surface area contributed by atoms with Crippen molar-refractivity contribution in [1.29, 1.82) is 0 Å². The standard InChI is InChI=1S/C22H27N3O/c26-22(21-13-18-9-4-5-10-19(18)14-23-21)24-20-11-6-12-25(16-20)15-17-7-2-1-3-8-17/h1-5,7-10,20-21,23H,6,11-16H2,(H,24,26). The van der Waals surface area contributed by atoms with Crippen LogP contribution in [0.5, 0.6) is 0 Å². The predicted molar refractivity (Wildman–Crippen MR) is 104 cm³/mol. The number of piperidine rings is 1. The molecule has 2 aliphatic rings. The second-order valence-corrected chi connectivity index (χ2v) is 7.47. The molecular weight excluding hydrogens is 322 g/mol. The van der Waals surface area contributed by atoms with Crippen molar-refractivity contribution < 1.29 is 4.79 Å². The molecule has 0 aromatic heterocycles. The Morgan fingerprint density at radius 3 is 2.69 bits per heavy atom. The molecule has 4 heteroatoms. The highest BCUT2D eigenvalue weighted by Gasteiger charge is 2.27. The number of carbonyl (C=O) groups excluding carboxylic acids is 1. The van der Waals surface area contributed by atoms with E-state index in [1.54, 1.807) is 0 Å². The Hall–Kier alpha value is -2.17. The van der Waals surface area contributed by atoms with Gasteiger partial charge in [-0.1, -0.05) is 54.6 Å². The van der Waals surface area contributed by atoms with E-state index in [0.29, 0.717) is 0 Å². The van der Waals surface area contributed by atoms with Crippen LogP contribution in [0.2, 0.25) is 0 Å². The van der Waals surface area contributed by atoms with Crippen LogP contribution < -0.4 is 10.6 Å². The average molecular weight is 349 g/mol. The molecule has 0 aliphatic carbocycles. The summed E-state index contributed by atoms with van der Waals surface area (Å²) in [6.07, 6.45) is 2.99. The molecule has 2 aromatic rings. The van der Waals surface area contributed by atoms with Crippen LogP contribution in [0, 0.1) is 0 Å². The van der Waals surface area contributed by atoms with Crippen molar-refractivity contribution >= 4 is 5.91 Å². The molecule has 2 heterocycles. The molecule has 1 amide bonds. The summed E-state index contributed by atoms with van der Waals surface area (Å²) >= 11 is 0. The van der Waals surface area contributed by atoms with Gasteiger partial charge in [0.2, 0.25) is 5.91 Å². The molecule has 0 bridgehead atoms. The Morgan fingerprint density at radius 1 is 1.08 bits per heavy atom. The summed E-state index contributed by atoms with van der Waals surface area (Å²) in [4.78, 5) is 15.2. The van der Waals surface area contributed by atoms with Crippen molar-refractivity contribution in [3.05, 3.63) is 71.3 Å². The van der Waals surface area contributed by atoms with Crippen LogP contribution in [0.15, 0.2) is 54.6 Å². The van der Waals surface area contributed by atoms with Crippen LogP contribution in [0.25, 0.3) is 0 Å².